The van der Waals surface area contributed by atoms with E-state index in [0.717, 1.165) is 5.75 Å². The minimum Gasteiger partial charge on any atom is -0.492 e. The highest BCUT2D eigenvalue weighted by atomic mass is 32.2. The molecule has 0 aliphatic rings. The van der Waals surface area contributed by atoms with Crippen LogP contribution in [-0.4, -0.2) is 27.3 Å². The van der Waals surface area contributed by atoms with Crippen LogP contribution in [0.1, 0.15) is 33.3 Å². The summed E-state index contributed by atoms with van der Waals surface area (Å²) in [5.41, 5.74) is 1.36. The third-order valence-electron chi connectivity index (χ3n) is 2.79. The molecule has 0 bridgehead atoms. The van der Waals surface area contributed by atoms with Crippen LogP contribution in [0.2, 0.25) is 0 Å². The van der Waals surface area contributed by atoms with E-state index in [9.17, 15) is 8.42 Å². The van der Waals surface area contributed by atoms with Gasteiger partial charge in [0.25, 0.3) is 0 Å². The molecule has 0 amide bonds. The molecule has 1 aromatic rings. The standard InChI is InChI=1S/C14H23NO3S/c1-5-19(16,17)15-10-11-18-13-8-6-12(7-9-13)14(2,3)4/h6-9,15H,5,10-11H2,1-4H3. The summed E-state index contributed by atoms with van der Waals surface area (Å²) in [5, 5.41) is 0. The molecule has 1 rings (SSSR count). The number of ether oxygens (including phenoxy) is 1. The second kappa shape index (κ2) is 6.39. The molecule has 0 atom stereocenters. The summed E-state index contributed by atoms with van der Waals surface area (Å²) >= 11 is 0. The highest BCUT2D eigenvalue weighted by Gasteiger charge is 2.12. The van der Waals surface area contributed by atoms with Gasteiger partial charge in [0, 0.05) is 6.54 Å². The van der Waals surface area contributed by atoms with Crippen molar-refractivity contribution in [2.24, 2.45) is 0 Å². The Morgan fingerprint density at radius 2 is 1.74 bits per heavy atom. The van der Waals surface area contributed by atoms with Crippen molar-refractivity contribution in [1.29, 1.82) is 0 Å². The number of hydrogen-bond acceptors (Lipinski definition) is 3. The molecule has 5 heteroatoms. The first-order valence-electron chi connectivity index (χ1n) is 6.45. The zero-order valence-electron chi connectivity index (χ0n) is 12.1. The fraction of sp³-hybridized carbons (Fsp3) is 0.571. The van der Waals surface area contributed by atoms with Crippen LogP contribution in [0.3, 0.4) is 0 Å². The van der Waals surface area contributed by atoms with Crippen molar-refractivity contribution in [2.75, 3.05) is 18.9 Å². The Morgan fingerprint density at radius 1 is 1.16 bits per heavy atom. The van der Waals surface area contributed by atoms with E-state index < -0.39 is 10.0 Å². The van der Waals surface area contributed by atoms with Gasteiger partial charge in [0.05, 0.1) is 5.75 Å². The highest BCUT2D eigenvalue weighted by molar-refractivity contribution is 7.89. The first kappa shape index (κ1) is 16.0. The third kappa shape index (κ3) is 5.61. The van der Waals surface area contributed by atoms with Crippen LogP contribution in [0, 0.1) is 0 Å². The van der Waals surface area contributed by atoms with Crippen molar-refractivity contribution in [3.05, 3.63) is 29.8 Å². The van der Waals surface area contributed by atoms with Crippen LogP contribution in [0.25, 0.3) is 0 Å². The lowest BCUT2D eigenvalue weighted by molar-refractivity contribution is 0.322. The van der Waals surface area contributed by atoms with Crippen LogP contribution in [-0.2, 0) is 15.4 Å². The Labute approximate surface area is 116 Å². The lowest BCUT2D eigenvalue weighted by Gasteiger charge is -2.19. The lowest BCUT2D eigenvalue weighted by Crippen LogP contribution is -2.29. The van der Waals surface area contributed by atoms with Crippen LogP contribution in [0.5, 0.6) is 5.75 Å². The number of benzene rings is 1. The molecule has 0 aliphatic carbocycles. The highest BCUT2D eigenvalue weighted by Crippen LogP contribution is 2.24. The summed E-state index contributed by atoms with van der Waals surface area (Å²) in [4.78, 5) is 0. The second-order valence-electron chi connectivity index (χ2n) is 5.42. The van der Waals surface area contributed by atoms with Crippen molar-refractivity contribution in [3.8, 4) is 5.75 Å². The Bertz CT molecular complexity index is 486. The molecule has 0 saturated heterocycles. The average Bonchev–Trinajstić information content (AvgIpc) is 2.34. The fourth-order valence-corrected chi connectivity index (χ4v) is 2.12. The predicted molar refractivity (Wildman–Crippen MR) is 78.1 cm³/mol. The van der Waals surface area contributed by atoms with Crippen LogP contribution < -0.4 is 9.46 Å². The smallest absolute Gasteiger partial charge is 0.211 e. The summed E-state index contributed by atoms with van der Waals surface area (Å²) in [6.45, 7) is 8.69. The summed E-state index contributed by atoms with van der Waals surface area (Å²) in [5.74, 6) is 0.844. The largest absolute Gasteiger partial charge is 0.492 e. The van der Waals surface area contributed by atoms with E-state index in [4.69, 9.17) is 4.74 Å². The van der Waals surface area contributed by atoms with Crippen LogP contribution in [0.4, 0.5) is 0 Å². The number of hydrogen-bond donors (Lipinski definition) is 1. The topological polar surface area (TPSA) is 55.4 Å². The number of rotatable bonds is 6. The lowest BCUT2D eigenvalue weighted by atomic mass is 9.87. The molecule has 0 aliphatic heterocycles. The van der Waals surface area contributed by atoms with Gasteiger partial charge in [-0.2, -0.15) is 0 Å². The van der Waals surface area contributed by atoms with Gasteiger partial charge in [-0.05, 0) is 30.0 Å². The normalized spacial score (nSPS) is 12.4. The molecule has 1 N–H and O–H groups in total. The van der Waals surface area contributed by atoms with Gasteiger partial charge in [-0.3, -0.25) is 0 Å². The first-order valence-corrected chi connectivity index (χ1v) is 8.10. The van der Waals surface area contributed by atoms with E-state index in [1.165, 1.54) is 5.56 Å². The van der Waals surface area contributed by atoms with Gasteiger partial charge in [0.1, 0.15) is 12.4 Å². The zero-order chi connectivity index (χ0) is 14.5. The Hall–Kier alpha value is -1.07. The molecule has 0 radical (unpaired) electrons. The van der Waals surface area contributed by atoms with Crippen molar-refractivity contribution in [3.63, 3.8) is 0 Å². The molecule has 0 unspecified atom stereocenters. The molecule has 0 spiro atoms. The molecular formula is C14H23NO3S. The third-order valence-corrected chi connectivity index (χ3v) is 4.20. The van der Waals surface area contributed by atoms with Crippen LogP contribution >= 0.6 is 0 Å². The molecule has 19 heavy (non-hydrogen) atoms. The predicted octanol–water partition coefficient (Wildman–Crippen LogP) is 2.30. The molecular weight excluding hydrogens is 262 g/mol. The van der Waals surface area contributed by atoms with Gasteiger partial charge in [-0.15, -0.1) is 0 Å². The minimum atomic E-state index is -3.13. The van der Waals surface area contributed by atoms with Gasteiger partial charge < -0.3 is 4.74 Å². The van der Waals surface area contributed by atoms with Gasteiger partial charge in [-0.1, -0.05) is 32.9 Å². The van der Waals surface area contributed by atoms with Gasteiger partial charge in [-0.25, -0.2) is 13.1 Å². The molecule has 0 heterocycles. The Kier molecular flexibility index (Phi) is 5.38. The molecule has 1 aromatic carbocycles. The van der Waals surface area contributed by atoms with E-state index in [1.807, 2.05) is 24.3 Å². The summed E-state index contributed by atoms with van der Waals surface area (Å²) in [7, 11) is -3.13. The van der Waals surface area contributed by atoms with Crippen molar-refractivity contribution >= 4 is 10.0 Å². The summed E-state index contributed by atoms with van der Waals surface area (Å²) in [6, 6.07) is 7.89. The first-order chi connectivity index (χ1) is 8.74. The van der Waals surface area contributed by atoms with E-state index in [0.29, 0.717) is 6.61 Å². The molecule has 4 nitrogen and oxygen atoms in total. The number of nitrogens with one attached hydrogen (secondary N) is 1. The van der Waals surface area contributed by atoms with Crippen molar-refractivity contribution in [2.45, 2.75) is 33.1 Å². The summed E-state index contributed by atoms with van der Waals surface area (Å²) in [6.07, 6.45) is 0. The molecule has 0 fully saturated rings. The van der Waals surface area contributed by atoms with Crippen molar-refractivity contribution < 1.29 is 13.2 Å². The van der Waals surface area contributed by atoms with Gasteiger partial charge >= 0.3 is 0 Å². The van der Waals surface area contributed by atoms with E-state index in [1.54, 1.807) is 6.92 Å². The Morgan fingerprint density at radius 3 is 2.21 bits per heavy atom. The zero-order valence-corrected chi connectivity index (χ0v) is 12.9. The fourth-order valence-electron chi connectivity index (χ4n) is 1.52. The van der Waals surface area contributed by atoms with E-state index >= 15 is 0 Å². The maximum atomic E-state index is 11.2. The maximum Gasteiger partial charge on any atom is 0.211 e. The SMILES string of the molecule is CCS(=O)(=O)NCCOc1ccc(C(C)(C)C)cc1. The second-order valence-corrected chi connectivity index (χ2v) is 7.52. The Balaban J connectivity index is 2.43. The van der Waals surface area contributed by atoms with Gasteiger partial charge in [0.15, 0.2) is 0 Å². The molecule has 0 saturated carbocycles. The monoisotopic (exact) mass is 285 g/mol. The van der Waals surface area contributed by atoms with E-state index in [2.05, 4.69) is 25.5 Å². The number of sulfonamides is 1. The van der Waals surface area contributed by atoms with E-state index in [-0.39, 0.29) is 17.7 Å². The molecule has 108 valence electrons. The maximum absolute atomic E-state index is 11.2. The average molecular weight is 285 g/mol. The molecule has 0 aromatic heterocycles. The van der Waals surface area contributed by atoms with Crippen molar-refractivity contribution in [1.82, 2.24) is 4.72 Å². The van der Waals surface area contributed by atoms with Crippen LogP contribution in [0.15, 0.2) is 24.3 Å². The quantitative estimate of drug-likeness (QED) is 0.816. The minimum absolute atomic E-state index is 0.0906. The van der Waals surface area contributed by atoms with Gasteiger partial charge in [0.2, 0.25) is 10.0 Å². The summed E-state index contributed by atoms with van der Waals surface area (Å²) < 4.78 is 30.3.